The van der Waals surface area contributed by atoms with Gasteiger partial charge in [0, 0.05) is 0 Å². The van der Waals surface area contributed by atoms with Crippen LogP contribution in [-0.4, -0.2) is 32.7 Å². The average Bonchev–Trinajstić information content (AvgIpc) is 2.68. The van der Waals surface area contributed by atoms with Crippen molar-refractivity contribution in [2.24, 2.45) is 0 Å². The first kappa shape index (κ1) is 21.3. The summed E-state index contributed by atoms with van der Waals surface area (Å²) < 4.78 is 15.5. The second-order valence-electron chi connectivity index (χ2n) is 6.66. The molecule has 0 aliphatic heterocycles. The topological polar surface area (TPSA) is 73.9 Å². The molecule has 6 heteroatoms. The maximum absolute atomic E-state index is 12.1. The molecule has 0 saturated carbocycles. The summed E-state index contributed by atoms with van der Waals surface area (Å²) in [7, 11) is 3.07. The number of rotatable bonds is 8. The first-order valence-electron chi connectivity index (χ1n) is 9.07. The van der Waals surface area contributed by atoms with Crippen molar-refractivity contribution in [1.82, 2.24) is 5.32 Å². The molecule has 2 rings (SSSR count). The van der Waals surface area contributed by atoms with Gasteiger partial charge in [-0.2, -0.15) is 0 Å². The van der Waals surface area contributed by atoms with Gasteiger partial charge in [-0.15, -0.1) is 0 Å². The van der Waals surface area contributed by atoms with E-state index in [4.69, 9.17) is 14.2 Å². The second kappa shape index (κ2) is 9.78. The van der Waals surface area contributed by atoms with Crippen molar-refractivity contribution >= 4 is 11.9 Å². The summed E-state index contributed by atoms with van der Waals surface area (Å²) in [5, 5.41) is 2.84. The molecule has 1 atom stereocenters. The van der Waals surface area contributed by atoms with E-state index in [1.165, 1.54) is 18.2 Å². The van der Waals surface area contributed by atoms with E-state index in [1.54, 1.807) is 25.3 Å². The number of hydrogen-bond acceptors (Lipinski definition) is 5. The zero-order chi connectivity index (χ0) is 20.7. The van der Waals surface area contributed by atoms with E-state index in [0.29, 0.717) is 17.1 Å². The van der Waals surface area contributed by atoms with Crippen molar-refractivity contribution in [3.05, 3.63) is 58.7 Å². The van der Waals surface area contributed by atoms with Crippen LogP contribution in [0.25, 0.3) is 0 Å². The molecule has 28 heavy (non-hydrogen) atoms. The monoisotopic (exact) mass is 385 g/mol. The summed E-state index contributed by atoms with van der Waals surface area (Å²) >= 11 is 0. The normalized spacial score (nSPS) is 11.5. The fraction of sp³-hybridized carbons (Fsp3) is 0.364. The van der Waals surface area contributed by atoms with Gasteiger partial charge >= 0.3 is 5.97 Å². The minimum Gasteiger partial charge on any atom is -0.493 e. The standard InChI is InChI=1S/C22H27NO5/c1-14-6-8-18(10-15(14)2)16(3)23-21(24)13-28-22(25)12-17-7-9-19(26-4)20(11-17)27-5/h6-11,16H,12-13H2,1-5H3,(H,23,24)/t16-/m1/s1. The highest BCUT2D eigenvalue weighted by atomic mass is 16.5. The van der Waals surface area contributed by atoms with Crippen LogP contribution in [0, 0.1) is 13.8 Å². The van der Waals surface area contributed by atoms with Crippen LogP contribution in [0.15, 0.2) is 36.4 Å². The average molecular weight is 385 g/mol. The number of carbonyl (C=O) groups is 2. The third-order valence-electron chi connectivity index (χ3n) is 4.57. The zero-order valence-electron chi connectivity index (χ0n) is 17.0. The van der Waals surface area contributed by atoms with Crippen LogP contribution < -0.4 is 14.8 Å². The van der Waals surface area contributed by atoms with Crippen LogP contribution in [0.2, 0.25) is 0 Å². The number of esters is 1. The first-order chi connectivity index (χ1) is 13.3. The Kier molecular flexibility index (Phi) is 7.44. The summed E-state index contributed by atoms with van der Waals surface area (Å²) in [6.45, 7) is 5.65. The smallest absolute Gasteiger partial charge is 0.310 e. The second-order valence-corrected chi connectivity index (χ2v) is 6.66. The lowest BCUT2D eigenvalue weighted by Crippen LogP contribution is -2.31. The molecule has 0 fully saturated rings. The largest absolute Gasteiger partial charge is 0.493 e. The molecular weight excluding hydrogens is 358 g/mol. The number of ether oxygens (including phenoxy) is 3. The van der Waals surface area contributed by atoms with Crippen LogP contribution in [0.5, 0.6) is 11.5 Å². The number of hydrogen-bond donors (Lipinski definition) is 1. The fourth-order valence-corrected chi connectivity index (χ4v) is 2.75. The van der Waals surface area contributed by atoms with Crippen molar-refractivity contribution in [3.8, 4) is 11.5 Å². The fourth-order valence-electron chi connectivity index (χ4n) is 2.75. The molecule has 0 bridgehead atoms. The number of nitrogens with one attached hydrogen (secondary N) is 1. The predicted octanol–water partition coefficient (Wildman–Crippen LogP) is 3.28. The lowest BCUT2D eigenvalue weighted by atomic mass is 10.0. The quantitative estimate of drug-likeness (QED) is 0.706. The number of benzene rings is 2. The van der Waals surface area contributed by atoms with Crippen LogP contribution in [-0.2, 0) is 20.7 Å². The molecule has 0 radical (unpaired) electrons. The van der Waals surface area contributed by atoms with E-state index in [-0.39, 0.29) is 25.0 Å². The number of amides is 1. The van der Waals surface area contributed by atoms with E-state index in [1.807, 2.05) is 39.0 Å². The molecule has 0 aromatic heterocycles. The summed E-state index contributed by atoms with van der Waals surface area (Å²) in [6.07, 6.45) is 0.0420. The van der Waals surface area contributed by atoms with Gasteiger partial charge in [0.25, 0.3) is 5.91 Å². The Morgan fingerprint density at radius 3 is 2.32 bits per heavy atom. The van der Waals surface area contributed by atoms with E-state index in [0.717, 1.165) is 5.56 Å². The van der Waals surface area contributed by atoms with Gasteiger partial charge in [0.2, 0.25) is 0 Å². The van der Waals surface area contributed by atoms with Gasteiger partial charge in [-0.1, -0.05) is 24.3 Å². The third kappa shape index (κ3) is 5.74. The summed E-state index contributed by atoms with van der Waals surface area (Å²) in [5.74, 6) is 0.291. The van der Waals surface area contributed by atoms with Gasteiger partial charge in [0.05, 0.1) is 26.7 Å². The molecule has 0 unspecified atom stereocenters. The SMILES string of the molecule is COc1ccc(CC(=O)OCC(=O)N[C@H](C)c2ccc(C)c(C)c2)cc1OC. The van der Waals surface area contributed by atoms with Gasteiger partial charge in [-0.25, -0.2) is 0 Å². The molecule has 0 aliphatic rings. The summed E-state index contributed by atoms with van der Waals surface area (Å²) in [4.78, 5) is 24.1. The minimum absolute atomic E-state index is 0.0420. The number of methoxy groups -OCH3 is 2. The summed E-state index contributed by atoms with van der Waals surface area (Å²) in [6, 6.07) is 11.1. The predicted molar refractivity (Wildman–Crippen MR) is 107 cm³/mol. The molecular formula is C22H27NO5. The number of aryl methyl sites for hydroxylation is 2. The maximum atomic E-state index is 12.1. The molecule has 0 heterocycles. The van der Waals surface area contributed by atoms with E-state index in [9.17, 15) is 9.59 Å². The number of carbonyl (C=O) groups excluding carboxylic acids is 2. The molecule has 2 aromatic carbocycles. The molecule has 1 N–H and O–H groups in total. The highest BCUT2D eigenvalue weighted by Gasteiger charge is 2.14. The van der Waals surface area contributed by atoms with Crippen molar-refractivity contribution in [1.29, 1.82) is 0 Å². The van der Waals surface area contributed by atoms with Crippen molar-refractivity contribution in [2.45, 2.75) is 33.2 Å². The van der Waals surface area contributed by atoms with Gasteiger partial charge in [0.1, 0.15) is 0 Å². The molecule has 6 nitrogen and oxygen atoms in total. The molecule has 0 spiro atoms. The van der Waals surface area contributed by atoms with Gasteiger partial charge < -0.3 is 19.5 Å². The van der Waals surface area contributed by atoms with Crippen LogP contribution in [0.1, 0.15) is 35.2 Å². The Labute approximate surface area is 165 Å². The van der Waals surface area contributed by atoms with E-state index < -0.39 is 5.97 Å². The lowest BCUT2D eigenvalue weighted by Gasteiger charge is -2.16. The first-order valence-corrected chi connectivity index (χ1v) is 9.07. The molecule has 0 aliphatic carbocycles. The Bertz CT molecular complexity index is 847. The van der Waals surface area contributed by atoms with Crippen LogP contribution in [0.3, 0.4) is 0 Å². The van der Waals surface area contributed by atoms with E-state index in [2.05, 4.69) is 5.32 Å². The Morgan fingerprint density at radius 2 is 1.68 bits per heavy atom. The van der Waals surface area contributed by atoms with Crippen molar-refractivity contribution in [2.75, 3.05) is 20.8 Å². The minimum atomic E-state index is -0.485. The molecule has 150 valence electrons. The molecule has 0 saturated heterocycles. The molecule has 1 amide bonds. The van der Waals surface area contributed by atoms with Gasteiger partial charge in [-0.05, 0) is 55.2 Å². The van der Waals surface area contributed by atoms with Crippen molar-refractivity contribution in [3.63, 3.8) is 0 Å². The lowest BCUT2D eigenvalue weighted by molar-refractivity contribution is -0.148. The Morgan fingerprint density at radius 1 is 0.964 bits per heavy atom. The summed E-state index contributed by atoms with van der Waals surface area (Å²) in [5.41, 5.74) is 4.09. The van der Waals surface area contributed by atoms with Crippen LogP contribution >= 0.6 is 0 Å². The molecule has 2 aromatic rings. The van der Waals surface area contributed by atoms with Crippen molar-refractivity contribution < 1.29 is 23.8 Å². The zero-order valence-corrected chi connectivity index (χ0v) is 17.0. The Hall–Kier alpha value is -3.02. The highest BCUT2D eigenvalue weighted by Crippen LogP contribution is 2.27. The van der Waals surface area contributed by atoms with E-state index >= 15 is 0 Å². The highest BCUT2D eigenvalue weighted by molar-refractivity contribution is 5.81. The third-order valence-corrected chi connectivity index (χ3v) is 4.57. The maximum Gasteiger partial charge on any atom is 0.310 e. The van der Waals surface area contributed by atoms with Gasteiger partial charge in [0.15, 0.2) is 18.1 Å². The Balaban J connectivity index is 1.85. The van der Waals surface area contributed by atoms with Gasteiger partial charge in [-0.3, -0.25) is 9.59 Å². The van der Waals surface area contributed by atoms with Crippen LogP contribution in [0.4, 0.5) is 0 Å².